The molecular formula is C10H22N2O. The van der Waals surface area contributed by atoms with Crippen molar-refractivity contribution in [3.05, 3.63) is 0 Å². The molecule has 0 aromatic heterocycles. The van der Waals surface area contributed by atoms with E-state index in [2.05, 4.69) is 24.1 Å². The predicted molar refractivity (Wildman–Crippen MR) is 55.0 cm³/mol. The molecule has 13 heavy (non-hydrogen) atoms. The van der Waals surface area contributed by atoms with Crippen molar-refractivity contribution < 1.29 is 4.74 Å². The van der Waals surface area contributed by atoms with Crippen molar-refractivity contribution in [2.75, 3.05) is 33.4 Å². The van der Waals surface area contributed by atoms with Crippen LogP contribution in [0.2, 0.25) is 0 Å². The molecule has 0 aliphatic carbocycles. The van der Waals surface area contributed by atoms with E-state index >= 15 is 0 Å². The van der Waals surface area contributed by atoms with Crippen LogP contribution in [0.1, 0.15) is 20.3 Å². The first-order chi connectivity index (χ1) is 6.24. The van der Waals surface area contributed by atoms with Gasteiger partial charge in [0, 0.05) is 25.2 Å². The van der Waals surface area contributed by atoms with Gasteiger partial charge >= 0.3 is 0 Å². The van der Waals surface area contributed by atoms with Gasteiger partial charge in [-0.15, -0.1) is 0 Å². The number of hydrogen-bond donors (Lipinski definition) is 1. The van der Waals surface area contributed by atoms with Crippen LogP contribution in [0.5, 0.6) is 0 Å². The number of nitrogens with zero attached hydrogens (tertiary/aromatic N) is 1. The summed E-state index contributed by atoms with van der Waals surface area (Å²) in [4.78, 5) is 2.51. The number of hydrogen-bond acceptors (Lipinski definition) is 3. The molecule has 0 bridgehead atoms. The Kier molecular flexibility index (Phi) is 4.70. The van der Waals surface area contributed by atoms with Gasteiger partial charge in [-0.3, -0.25) is 4.90 Å². The second-order valence-electron chi connectivity index (χ2n) is 3.92. The van der Waals surface area contributed by atoms with E-state index in [0.29, 0.717) is 12.1 Å². The predicted octanol–water partition coefficient (Wildman–Crippen LogP) is 0.705. The normalized spacial score (nSPS) is 24.2. The molecule has 1 rings (SSSR count). The average molecular weight is 186 g/mol. The van der Waals surface area contributed by atoms with Crippen molar-refractivity contribution in [3.63, 3.8) is 0 Å². The fourth-order valence-corrected chi connectivity index (χ4v) is 1.80. The highest BCUT2D eigenvalue weighted by Gasteiger charge is 2.17. The molecule has 0 aromatic rings. The van der Waals surface area contributed by atoms with E-state index in [1.54, 1.807) is 0 Å². The van der Waals surface area contributed by atoms with Crippen LogP contribution in [0.4, 0.5) is 0 Å². The molecule has 3 nitrogen and oxygen atoms in total. The summed E-state index contributed by atoms with van der Waals surface area (Å²) >= 11 is 0. The van der Waals surface area contributed by atoms with Crippen LogP contribution in [-0.4, -0.2) is 50.3 Å². The molecule has 1 fully saturated rings. The Morgan fingerprint density at radius 3 is 2.46 bits per heavy atom. The fourth-order valence-electron chi connectivity index (χ4n) is 1.80. The zero-order chi connectivity index (χ0) is 9.68. The summed E-state index contributed by atoms with van der Waals surface area (Å²) < 4.78 is 5.32. The maximum atomic E-state index is 5.32. The van der Waals surface area contributed by atoms with Gasteiger partial charge in [0.15, 0.2) is 0 Å². The van der Waals surface area contributed by atoms with Gasteiger partial charge in [0.25, 0.3) is 0 Å². The summed E-state index contributed by atoms with van der Waals surface area (Å²) in [5, 5.41) is 3.28. The molecule has 0 radical (unpaired) electrons. The first-order valence-electron chi connectivity index (χ1n) is 5.23. The van der Waals surface area contributed by atoms with Crippen LogP contribution in [0.25, 0.3) is 0 Å². The maximum absolute atomic E-state index is 5.32. The summed E-state index contributed by atoms with van der Waals surface area (Å²) in [5.41, 5.74) is 0. The molecule has 0 spiro atoms. The molecule has 2 unspecified atom stereocenters. The Balaban J connectivity index is 2.24. The highest BCUT2D eigenvalue weighted by molar-refractivity contribution is 4.73. The second-order valence-corrected chi connectivity index (χ2v) is 3.92. The van der Waals surface area contributed by atoms with Crippen molar-refractivity contribution in [3.8, 4) is 0 Å². The first kappa shape index (κ1) is 11.0. The highest BCUT2D eigenvalue weighted by atomic mass is 16.5. The highest BCUT2D eigenvalue weighted by Crippen LogP contribution is 2.08. The van der Waals surface area contributed by atoms with E-state index in [0.717, 1.165) is 26.3 Å². The number of nitrogens with one attached hydrogen (secondary N) is 1. The average Bonchev–Trinajstić information content (AvgIpc) is 2.19. The molecule has 1 aliphatic rings. The van der Waals surface area contributed by atoms with Crippen molar-refractivity contribution in [1.29, 1.82) is 0 Å². The van der Waals surface area contributed by atoms with Gasteiger partial charge in [-0.2, -0.15) is 0 Å². The first-order valence-corrected chi connectivity index (χ1v) is 5.23. The van der Waals surface area contributed by atoms with E-state index < -0.39 is 0 Å². The van der Waals surface area contributed by atoms with E-state index in [4.69, 9.17) is 4.74 Å². The molecule has 0 amide bonds. The van der Waals surface area contributed by atoms with E-state index in [9.17, 15) is 0 Å². The molecule has 3 heteroatoms. The third-order valence-electron chi connectivity index (χ3n) is 2.86. The second kappa shape index (κ2) is 5.58. The SMILES string of the molecule is CNC(C)CC(C)N1CCOCC1. The number of rotatable bonds is 4. The van der Waals surface area contributed by atoms with Crippen LogP contribution in [0.15, 0.2) is 0 Å². The van der Waals surface area contributed by atoms with Gasteiger partial charge in [0.05, 0.1) is 13.2 Å². The molecular weight excluding hydrogens is 164 g/mol. The Morgan fingerprint density at radius 2 is 1.92 bits per heavy atom. The van der Waals surface area contributed by atoms with Gasteiger partial charge < -0.3 is 10.1 Å². The van der Waals surface area contributed by atoms with Gasteiger partial charge in [-0.25, -0.2) is 0 Å². The lowest BCUT2D eigenvalue weighted by atomic mass is 10.1. The van der Waals surface area contributed by atoms with Gasteiger partial charge in [0.2, 0.25) is 0 Å². The molecule has 1 heterocycles. The Hall–Kier alpha value is -0.120. The minimum atomic E-state index is 0.609. The van der Waals surface area contributed by atoms with Gasteiger partial charge in [-0.05, 0) is 27.3 Å². The zero-order valence-electron chi connectivity index (χ0n) is 9.05. The van der Waals surface area contributed by atoms with Crippen LogP contribution in [0, 0.1) is 0 Å². The minimum Gasteiger partial charge on any atom is -0.379 e. The lowest BCUT2D eigenvalue weighted by molar-refractivity contribution is 0.0171. The lowest BCUT2D eigenvalue weighted by Gasteiger charge is -2.33. The summed E-state index contributed by atoms with van der Waals surface area (Å²) in [5.74, 6) is 0. The Labute approximate surface area is 81.4 Å². The largest absolute Gasteiger partial charge is 0.379 e. The van der Waals surface area contributed by atoms with E-state index in [-0.39, 0.29) is 0 Å². The standard InChI is InChI=1S/C10H22N2O/c1-9(11-3)8-10(2)12-4-6-13-7-5-12/h9-11H,4-8H2,1-3H3. The quantitative estimate of drug-likeness (QED) is 0.699. The summed E-state index contributed by atoms with van der Waals surface area (Å²) in [6.07, 6.45) is 1.22. The summed E-state index contributed by atoms with van der Waals surface area (Å²) in [6, 6.07) is 1.28. The molecule has 1 saturated heterocycles. The smallest absolute Gasteiger partial charge is 0.0594 e. The molecule has 0 aromatic carbocycles. The van der Waals surface area contributed by atoms with Gasteiger partial charge in [0.1, 0.15) is 0 Å². The minimum absolute atomic E-state index is 0.609. The van der Waals surface area contributed by atoms with E-state index in [1.807, 2.05) is 7.05 Å². The van der Waals surface area contributed by atoms with Crippen LogP contribution >= 0.6 is 0 Å². The van der Waals surface area contributed by atoms with Crippen molar-refractivity contribution in [1.82, 2.24) is 10.2 Å². The van der Waals surface area contributed by atoms with Crippen molar-refractivity contribution in [2.24, 2.45) is 0 Å². The Bertz CT molecular complexity index is 135. The number of morpholine rings is 1. The number of ether oxygens (including phenoxy) is 1. The molecule has 1 aliphatic heterocycles. The molecule has 2 atom stereocenters. The van der Waals surface area contributed by atoms with Crippen LogP contribution in [-0.2, 0) is 4.74 Å². The maximum Gasteiger partial charge on any atom is 0.0594 e. The lowest BCUT2D eigenvalue weighted by Crippen LogP contribution is -2.44. The Morgan fingerprint density at radius 1 is 1.31 bits per heavy atom. The third kappa shape index (κ3) is 3.63. The zero-order valence-corrected chi connectivity index (χ0v) is 9.05. The van der Waals surface area contributed by atoms with E-state index in [1.165, 1.54) is 6.42 Å². The third-order valence-corrected chi connectivity index (χ3v) is 2.86. The topological polar surface area (TPSA) is 24.5 Å². The fraction of sp³-hybridized carbons (Fsp3) is 1.00. The molecule has 78 valence electrons. The van der Waals surface area contributed by atoms with Gasteiger partial charge in [-0.1, -0.05) is 0 Å². The van der Waals surface area contributed by atoms with Crippen LogP contribution in [0.3, 0.4) is 0 Å². The monoisotopic (exact) mass is 186 g/mol. The molecule has 1 N–H and O–H groups in total. The van der Waals surface area contributed by atoms with Crippen LogP contribution < -0.4 is 5.32 Å². The van der Waals surface area contributed by atoms with Crippen molar-refractivity contribution in [2.45, 2.75) is 32.4 Å². The van der Waals surface area contributed by atoms with Crippen molar-refractivity contribution >= 4 is 0 Å². The summed E-state index contributed by atoms with van der Waals surface area (Å²) in [7, 11) is 2.02. The summed E-state index contributed by atoms with van der Waals surface area (Å²) in [6.45, 7) is 8.53. The molecule has 0 saturated carbocycles.